The monoisotopic (exact) mass is 335 g/mol. The molecule has 0 aliphatic carbocycles. The largest absolute Gasteiger partial charge is 0.371 e. The zero-order valence-electron chi connectivity index (χ0n) is 12.4. The highest BCUT2D eigenvalue weighted by Gasteiger charge is 2.22. The first-order valence-electron chi connectivity index (χ1n) is 7.29. The van der Waals surface area contributed by atoms with Crippen molar-refractivity contribution in [3.05, 3.63) is 56.7 Å². The molecule has 1 aliphatic heterocycles. The van der Waals surface area contributed by atoms with Gasteiger partial charge in [-0.25, -0.2) is 0 Å². The number of halogens is 1. The first kappa shape index (κ1) is 15.7. The number of ether oxygens (including phenoxy) is 1. The Labute approximate surface area is 139 Å². The van der Waals surface area contributed by atoms with E-state index >= 15 is 0 Å². The highest BCUT2D eigenvalue weighted by Crippen LogP contribution is 2.25. The molecular weight excluding hydrogens is 318 g/mol. The molecule has 3 rings (SSSR count). The summed E-state index contributed by atoms with van der Waals surface area (Å²) in [6.07, 6.45) is 0.0805. The SMILES string of the molecule is CC(=O)c1cc(CN2CCO[C@@H](c3ccc(Cl)cc3)C2)cs1. The summed E-state index contributed by atoms with van der Waals surface area (Å²) in [5.74, 6) is 0.136. The van der Waals surface area contributed by atoms with Crippen LogP contribution in [0.3, 0.4) is 0 Å². The summed E-state index contributed by atoms with van der Waals surface area (Å²) in [5, 5.41) is 2.81. The van der Waals surface area contributed by atoms with E-state index in [-0.39, 0.29) is 11.9 Å². The van der Waals surface area contributed by atoms with Gasteiger partial charge >= 0.3 is 0 Å². The van der Waals surface area contributed by atoms with E-state index in [1.54, 1.807) is 6.92 Å². The number of carbonyl (C=O) groups excluding carboxylic acids is 1. The van der Waals surface area contributed by atoms with Crippen molar-refractivity contribution < 1.29 is 9.53 Å². The van der Waals surface area contributed by atoms with Gasteiger partial charge in [0.2, 0.25) is 0 Å². The number of morpholine rings is 1. The van der Waals surface area contributed by atoms with Gasteiger partial charge in [0.15, 0.2) is 5.78 Å². The van der Waals surface area contributed by atoms with Crippen LogP contribution in [0.4, 0.5) is 0 Å². The number of ketones is 1. The maximum Gasteiger partial charge on any atom is 0.169 e. The van der Waals surface area contributed by atoms with Crippen LogP contribution in [0.1, 0.15) is 33.8 Å². The smallest absolute Gasteiger partial charge is 0.169 e. The number of nitrogens with zero attached hydrogens (tertiary/aromatic N) is 1. The Morgan fingerprint density at radius 3 is 2.86 bits per heavy atom. The molecule has 1 atom stereocenters. The number of carbonyl (C=O) groups is 1. The molecule has 1 aromatic heterocycles. The first-order chi connectivity index (χ1) is 10.6. The second-order valence-corrected chi connectivity index (χ2v) is 6.87. The minimum absolute atomic E-state index is 0.0805. The van der Waals surface area contributed by atoms with Crippen molar-refractivity contribution in [3.8, 4) is 0 Å². The van der Waals surface area contributed by atoms with Crippen LogP contribution in [-0.2, 0) is 11.3 Å². The van der Waals surface area contributed by atoms with Gasteiger partial charge in [-0.2, -0.15) is 0 Å². The maximum atomic E-state index is 11.4. The lowest BCUT2D eigenvalue weighted by Gasteiger charge is -2.33. The molecule has 0 spiro atoms. The summed E-state index contributed by atoms with van der Waals surface area (Å²) in [6.45, 7) is 4.96. The minimum atomic E-state index is 0.0805. The molecule has 1 aliphatic rings. The predicted molar refractivity (Wildman–Crippen MR) is 89.7 cm³/mol. The number of Topliss-reactive ketones (excluding diaryl/α,β-unsaturated/α-hetero) is 1. The Kier molecular flexibility index (Phi) is 4.93. The van der Waals surface area contributed by atoms with E-state index in [1.807, 2.05) is 30.3 Å². The van der Waals surface area contributed by atoms with Crippen molar-refractivity contribution in [2.24, 2.45) is 0 Å². The third-order valence-electron chi connectivity index (χ3n) is 3.80. The van der Waals surface area contributed by atoms with Gasteiger partial charge in [-0.3, -0.25) is 9.69 Å². The van der Waals surface area contributed by atoms with Gasteiger partial charge in [0.1, 0.15) is 0 Å². The molecule has 0 saturated carbocycles. The van der Waals surface area contributed by atoms with E-state index in [9.17, 15) is 4.79 Å². The van der Waals surface area contributed by atoms with Crippen LogP contribution in [-0.4, -0.2) is 30.4 Å². The van der Waals surface area contributed by atoms with Gasteiger partial charge in [0, 0.05) is 24.7 Å². The summed E-state index contributed by atoms with van der Waals surface area (Å²) in [7, 11) is 0. The second kappa shape index (κ2) is 6.92. The number of rotatable bonds is 4. The molecule has 0 N–H and O–H groups in total. The number of thiophene rings is 1. The lowest BCUT2D eigenvalue weighted by molar-refractivity contribution is -0.0328. The number of benzene rings is 1. The van der Waals surface area contributed by atoms with E-state index in [2.05, 4.69) is 10.3 Å². The quantitative estimate of drug-likeness (QED) is 0.785. The molecule has 2 aromatic rings. The molecule has 1 aromatic carbocycles. The highest BCUT2D eigenvalue weighted by atomic mass is 35.5. The molecule has 116 valence electrons. The lowest BCUT2D eigenvalue weighted by atomic mass is 10.1. The number of hydrogen-bond acceptors (Lipinski definition) is 4. The fourth-order valence-electron chi connectivity index (χ4n) is 2.63. The van der Waals surface area contributed by atoms with Crippen LogP contribution in [0.5, 0.6) is 0 Å². The van der Waals surface area contributed by atoms with E-state index in [4.69, 9.17) is 16.3 Å². The molecule has 1 fully saturated rings. The predicted octanol–water partition coefficient (Wildman–Crippen LogP) is 4.18. The van der Waals surface area contributed by atoms with Crippen LogP contribution in [0, 0.1) is 0 Å². The standard InChI is InChI=1S/C17H18ClNO2S/c1-12(20)17-8-13(11-22-17)9-19-6-7-21-16(10-19)14-2-4-15(18)5-3-14/h2-5,8,11,16H,6-7,9-10H2,1H3/t16-/m1/s1. The molecule has 5 heteroatoms. The third kappa shape index (κ3) is 3.76. The molecular formula is C17H18ClNO2S. The zero-order chi connectivity index (χ0) is 15.5. The zero-order valence-corrected chi connectivity index (χ0v) is 14.0. The second-order valence-electron chi connectivity index (χ2n) is 5.52. The lowest BCUT2D eigenvalue weighted by Crippen LogP contribution is -2.37. The minimum Gasteiger partial charge on any atom is -0.371 e. The van der Waals surface area contributed by atoms with Crippen molar-refractivity contribution >= 4 is 28.7 Å². The molecule has 0 unspecified atom stereocenters. The Balaban J connectivity index is 1.65. The van der Waals surface area contributed by atoms with Crippen LogP contribution < -0.4 is 0 Å². The van der Waals surface area contributed by atoms with Gasteiger partial charge in [-0.1, -0.05) is 23.7 Å². The molecule has 22 heavy (non-hydrogen) atoms. The maximum absolute atomic E-state index is 11.4. The average Bonchev–Trinajstić information content (AvgIpc) is 2.97. The van der Waals surface area contributed by atoms with Crippen LogP contribution >= 0.6 is 22.9 Å². The van der Waals surface area contributed by atoms with Gasteiger partial charge in [0.05, 0.1) is 17.6 Å². The number of hydrogen-bond donors (Lipinski definition) is 0. The summed E-state index contributed by atoms with van der Waals surface area (Å²) in [5.41, 5.74) is 2.36. The van der Waals surface area contributed by atoms with Crippen molar-refractivity contribution in [2.45, 2.75) is 19.6 Å². The van der Waals surface area contributed by atoms with Crippen molar-refractivity contribution in [1.29, 1.82) is 0 Å². The Bertz CT molecular complexity index is 653. The Morgan fingerprint density at radius 1 is 1.41 bits per heavy atom. The van der Waals surface area contributed by atoms with E-state index < -0.39 is 0 Å². The normalized spacial score (nSPS) is 19.3. The summed E-state index contributed by atoms with van der Waals surface area (Å²) < 4.78 is 5.88. The fraction of sp³-hybridized carbons (Fsp3) is 0.353. The molecule has 2 heterocycles. The first-order valence-corrected chi connectivity index (χ1v) is 8.55. The topological polar surface area (TPSA) is 29.5 Å². The van der Waals surface area contributed by atoms with Crippen LogP contribution in [0.25, 0.3) is 0 Å². The summed E-state index contributed by atoms with van der Waals surface area (Å²) in [4.78, 5) is 14.6. The third-order valence-corrected chi connectivity index (χ3v) is 5.13. The Morgan fingerprint density at radius 2 is 2.18 bits per heavy atom. The summed E-state index contributed by atoms with van der Waals surface area (Å²) in [6, 6.07) is 9.85. The average molecular weight is 336 g/mol. The summed E-state index contributed by atoms with van der Waals surface area (Å²) >= 11 is 7.46. The van der Waals surface area contributed by atoms with E-state index in [1.165, 1.54) is 16.9 Å². The van der Waals surface area contributed by atoms with E-state index in [0.29, 0.717) is 0 Å². The van der Waals surface area contributed by atoms with Gasteiger partial charge in [-0.05, 0) is 41.6 Å². The van der Waals surface area contributed by atoms with Crippen molar-refractivity contribution in [2.75, 3.05) is 19.7 Å². The molecule has 3 nitrogen and oxygen atoms in total. The fourth-order valence-corrected chi connectivity index (χ4v) is 3.56. The highest BCUT2D eigenvalue weighted by molar-refractivity contribution is 7.12. The molecule has 0 radical (unpaired) electrons. The van der Waals surface area contributed by atoms with E-state index in [0.717, 1.165) is 41.7 Å². The van der Waals surface area contributed by atoms with Crippen LogP contribution in [0.15, 0.2) is 35.7 Å². The Hall–Kier alpha value is -1.20. The van der Waals surface area contributed by atoms with Gasteiger partial charge in [-0.15, -0.1) is 11.3 Å². The van der Waals surface area contributed by atoms with Gasteiger partial charge in [0.25, 0.3) is 0 Å². The van der Waals surface area contributed by atoms with Crippen molar-refractivity contribution in [3.63, 3.8) is 0 Å². The van der Waals surface area contributed by atoms with Crippen molar-refractivity contribution in [1.82, 2.24) is 4.90 Å². The molecule has 1 saturated heterocycles. The molecule has 0 amide bonds. The van der Waals surface area contributed by atoms with Gasteiger partial charge < -0.3 is 4.74 Å². The van der Waals surface area contributed by atoms with Crippen LogP contribution in [0.2, 0.25) is 5.02 Å². The molecule has 0 bridgehead atoms.